The monoisotopic (exact) mass is 1000 g/mol. The standard InChI is InChI=1S/C64H56O4Si4/c1-9-25-57(26-10-1)41-49-69(50-42-58-27-11-2-12-28-58)65-70(51-43-59-29-13-3-14-30-59,52-44-60-31-15-4-16-32-60)67-72(55-47-63-37-21-7-22-38-63,56-48-64-39-23-8-24-40-64)68-71(66-69,53-45-61-33-17-5-18-34-61)54-46-62-35-19-6-20-36-62/h1-56H. The Hall–Kier alpha value is -7.61. The van der Waals surface area contributed by atoms with Gasteiger partial charge in [-0.3, -0.25) is 0 Å². The van der Waals surface area contributed by atoms with E-state index in [0.717, 1.165) is 44.5 Å². The van der Waals surface area contributed by atoms with Crippen LogP contribution in [-0.4, -0.2) is 34.2 Å². The molecule has 1 aliphatic heterocycles. The van der Waals surface area contributed by atoms with Crippen LogP contribution in [0.5, 0.6) is 0 Å². The average Bonchev–Trinajstić information content (AvgIpc) is 3.45. The minimum Gasteiger partial charge on any atom is -0.403 e. The molecule has 9 rings (SSSR count). The van der Waals surface area contributed by atoms with E-state index in [2.05, 4.69) is 191 Å². The van der Waals surface area contributed by atoms with Gasteiger partial charge in [0.15, 0.2) is 0 Å². The Morgan fingerprint density at radius 2 is 0.278 bits per heavy atom. The molecule has 352 valence electrons. The van der Waals surface area contributed by atoms with Crippen molar-refractivity contribution in [2.45, 2.75) is 0 Å². The molecule has 0 spiro atoms. The van der Waals surface area contributed by atoms with Gasteiger partial charge in [-0.2, -0.15) is 0 Å². The van der Waals surface area contributed by atoms with Crippen molar-refractivity contribution >= 4 is 82.9 Å². The highest BCUT2D eigenvalue weighted by Crippen LogP contribution is 2.38. The topological polar surface area (TPSA) is 36.9 Å². The van der Waals surface area contributed by atoms with Crippen molar-refractivity contribution in [3.05, 3.63) is 333 Å². The quantitative estimate of drug-likeness (QED) is 0.0904. The van der Waals surface area contributed by atoms with Crippen LogP contribution in [0.1, 0.15) is 44.5 Å². The zero-order chi connectivity index (χ0) is 49.0. The highest BCUT2D eigenvalue weighted by molar-refractivity contribution is 7.04. The Balaban J connectivity index is 1.38. The maximum Gasteiger partial charge on any atom is 0.375 e. The molecule has 0 saturated carbocycles. The molecular weight excluding hydrogens is 945 g/mol. The number of benzene rings is 8. The van der Waals surface area contributed by atoms with E-state index < -0.39 is 34.2 Å². The molecule has 1 saturated heterocycles. The second kappa shape index (κ2) is 24.5. The maximum absolute atomic E-state index is 8.21. The second-order valence-corrected chi connectivity index (χ2v) is 28.9. The van der Waals surface area contributed by atoms with E-state index in [1.165, 1.54) is 0 Å². The van der Waals surface area contributed by atoms with Gasteiger partial charge < -0.3 is 16.5 Å². The lowest BCUT2D eigenvalue weighted by Crippen LogP contribution is -2.67. The first-order valence-corrected chi connectivity index (χ1v) is 32.1. The first-order valence-electron chi connectivity index (χ1n) is 24.2. The zero-order valence-electron chi connectivity index (χ0n) is 40.0. The van der Waals surface area contributed by atoms with Gasteiger partial charge in [0, 0.05) is 0 Å². The van der Waals surface area contributed by atoms with E-state index in [-0.39, 0.29) is 0 Å². The van der Waals surface area contributed by atoms with E-state index in [4.69, 9.17) is 16.5 Å². The average molecular weight is 1000 g/mol. The summed E-state index contributed by atoms with van der Waals surface area (Å²) < 4.78 is 32.8. The lowest BCUT2D eigenvalue weighted by atomic mass is 10.2. The Morgan fingerprint density at radius 1 is 0.167 bits per heavy atom. The fourth-order valence-corrected chi connectivity index (χ4v) is 26.4. The van der Waals surface area contributed by atoms with E-state index in [1.807, 2.05) is 146 Å². The molecule has 8 heteroatoms. The van der Waals surface area contributed by atoms with Crippen molar-refractivity contribution in [1.29, 1.82) is 0 Å². The van der Waals surface area contributed by atoms with Crippen LogP contribution in [0, 0.1) is 0 Å². The summed E-state index contributed by atoms with van der Waals surface area (Å²) in [5, 5.41) is 0. The molecule has 4 nitrogen and oxygen atoms in total. The van der Waals surface area contributed by atoms with Gasteiger partial charge in [0.2, 0.25) is 0 Å². The molecule has 8 aromatic rings. The maximum atomic E-state index is 8.21. The normalized spacial score (nSPS) is 22.0. The van der Waals surface area contributed by atoms with E-state index in [9.17, 15) is 0 Å². The van der Waals surface area contributed by atoms with Gasteiger partial charge in [0.05, 0.1) is 0 Å². The van der Waals surface area contributed by atoms with Crippen molar-refractivity contribution in [1.82, 2.24) is 0 Å². The third-order valence-electron chi connectivity index (χ3n) is 11.7. The van der Waals surface area contributed by atoms with Crippen LogP contribution in [0.25, 0.3) is 48.6 Å². The first-order chi connectivity index (χ1) is 35.5. The Kier molecular flexibility index (Phi) is 16.8. The third-order valence-corrected chi connectivity index (χ3v) is 27.0. The van der Waals surface area contributed by atoms with E-state index >= 15 is 0 Å². The van der Waals surface area contributed by atoms with E-state index in [1.54, 1.807) is 0 Å². The molecule has 72 heavy (non-hydrogen) atoms. The minimum atomic E-state index is -3.91. The summed E-state index contributed by atoms with van der Waals surface area (Å²) in [6.45, 7) is 0. The van der Waals surface area contributed by atoms with Gasteiger partial charge in [-0.25, -0.2) is 0 Å². The van der Waals surface area contributed by atoms with Crippen LogP contribution in [0.3, 0.4) is 0 Å². The second-order valence-electron chi connectivity index (χ2n) is 17.2. The summed E-state index contributed by atoms with van der Waals surface area (Å²) >= 11 is 0. The van der Waals surface area contributed by atoms with Gasteiger partial charge >= 0.3 is 34.2 Å². The fraction of sp³-hybridized carbons (Fsp3) is 0. The van der Waals surface area contributed by atoms with Crippen LogP contribution < -0.4 is 0 Å². The van der Waals surface area contributed by atoms with Crippen molar-refractivity contribution in [2.24, 2.45) is 0 Å². The van der Waals surface area contributed by atoms with Gasteiger partial charge in [0.25, 0.3) is 0 Å². The Bertz CT molecular complexity index is 2510. The first kappa shape index (κ1) is 49.4. The molecule has 1 heterocycles. The summed E-state index contributed by atoms with van der Waals surface area (Å²) in [5.74, 6) is 0. The molecule has 0 N–H and O–H groups in total. The molecule has 1 fully saturated rings. The SMILES string of the molecule is C(=C[Si]1(C=Cc2ccccc2)O[Si](C=Cc2ccccc2)(C=Cc2ccccc2)O[Si](C=Cc2ccccc2)(C=Cc2ccccc2)O[Si](C=Cc2ccccc2)(C=Cc2ccccc2)O1)c1ccccc1. The number of hydrogen-bond acceptors (Lipinski definition) is 4. The molecule has 0 radical (unpaired) electrons. The number of rotatable bonds is 16. The van der Waals surface area contributed by atoms with Crippen molar-refractivity contribution in [3.8, 4) is 0 Å². The van der Waals surface area contributed by atoms with Gasteiger partial charge in [-0.1, -0.05) is 291 Å². The lowest BCUT2D eigenvalue weighted by molar-refractivity contribution is 0.263. The van der Waals surface area contributed by atoms with Crippen molar-refractivity contribution in [2.75, 3.05) is 0 Å². The molecule has 0 aromatic heterocycles. The lowest BCUT2D eigenvalue weighted by Gasteiger charge is -2.47. The summed E-state index contributed by atoms with van der Waals surface area (Å²) in [4.78, 5) is 0. The highest BCUT2D eigenvalue weighted by Gasteiger charge is 2.58. The summed E-state index contributed by atoms with van der Waals surface area (Å²) in [5.41, 5.74) is 25.3. The van der Waals surface area contributed by atoms with Crippen LogP contribution in [0.15, 0.2) is 288 Å². The van der Waals surface area contributed by atoms with Gasteiger partial charge in [0.1, 0.15) is 0 Å². The molecule has 0 amide bonds. The van der Waals surface area contributed by atoms with Crippen LogP contribution >= 0.6 is 0 Å². The number of hydrogen-bond donors (Lipinski definition) is 0. The van der Waals surface area contributed by atoms with Crippen LogP contribution in [0.2, 0.25) is 0 Å². The molecule has 8 aromatic carbocycles. The van der Waals surface area contributed by atoms with Crippen LogP contribution in [0.4, 0.5) is 0 Å². The predicted octanol–water partition coefficient (Wildman–Crippen LogP) is 15.9. The predicted molar refractivity (Wildman–Crippen MR) is 311 cm³/mol. The zero-order valence-corrected chi connectivity index (χ0v) is 44.0. The highest BCUT2D eigenvalue weighted by atomic mass is 28.5. The summed E-state index contributed by atoms with van der Waals surface area (Å²) in [6, 6.07) is 82.6. The molecule has 0 bridgehead atoms. The molecular formula is C64H56O4Si4. The largest absolute Gasteiger partial charge is 0.403 e. The third kappa shape index (κ3) is 14.3. The van der Waals surface area contributed by atoms with E-state index in [0.29, 0.717) is 0 Å². The van der Waals surface area contributed by atoms with Crippen molar-refractivity contribution < 1.29 is 16.5 Å². The molecule has 0 aliphatic carbocycles. The van der Waals surface area contributed by atoms with Gasteiger partial charge in [-0.15, -0.1) is 0 Å². The molecule has 0 atom stereocenters. The summed E-state index contributed by atoms with van der Waals surface area (Å²) in [6.07, 6.45) is 17.0. The Morgan fingerprint density at radius 3 is 0.389 bits per heavy atom. The van der Waals surface area contributed by atoms with Gasteiger partial charge in [-0.05, 0) is 90.1 Å². The van der Waals surface area contributed by atoms with Crippen LogP contribution in [-0.2, 0) is 16.5 Å². The molecule has 1 aliphatic rings. The molecule has 0 unspecified atom stereocenters. The van der Waals surface area contributed by atoms with Crippen molar-refractivity contribution in [3.63, 3.8) is 0 Å². The smallest absolute Gasteiger partial charge is 0.375 e. The fourth-order valence-electron chi connectivity index (χ4n) is 8.06. The minimum absolute atomic E-state index is 1.01. The summed E-state index contributed by atoms with van der Waals surface area (Å²) in [7, 11) is -15.6. The Labute approximate surface area is 429 Å².